The smallest absolute Gasteiger partial charge is 0.242 e. The molecule has 35 heavy (non-hydrogen) atoms. The highest BCUT2D eigenvalue weighted by Crippen LogP contribution is 2.17. The van der Waals surface area contributed by atoms with Gasteiger partial charge < -0.3 is 10.2 Å². The Bertz CT molecular complexity index is 1070. The number of sulfonamides is 1. The van der Waals surface area contributed by atoms with E-state index in [1.807, 2.05) is 12.1 Å². The second-order valence-corrected chi connectivity index (χ2v) is 11.1. The summed E-state index contributed by atoms with van der Waals surface area (Å²) in [4.78, 5) is 27.8. The van der Waals surface area contributed by atoms with Gasteiger partial charge in [0.15, 0.2) is 0 Å². The highest BCUT2D eigenvalue weighted by atomic mass is 35.5. The second-order valence-electron chi connectivity index (χ2n) is 8.94. The zero-order chi connectivity index (χ0) is 26.0. The van der Waals surface area contributed by atoms with Gasteiger partial charge in [0, 0.05) is 31.1 Å². The molecule has 192 valence electrons. The summed E-state index contributed by atoms with van der Waals surface area (Å²) in [5, 5.41) is 3.53. The van der Waals surface area contributed by atoms with E-state index in [2.05, 4.69) is 23.9 Å². The van der Waals surface area contributed by atoms with Crippen molar-refractivity contribution in [1.29, 1.82) is 0 Å². The lowest BCUT2D eigenvalue weighted by atomic mass is 10.1. The third kappa shape index (κ3) is 9.28. The van der Waals surface area contributed by atoms with Gasteiger partial charge in [0.1, 0.15) is 6.04 Å². The molecular formula is C26H36ClN3O4S. The van der Waals surface area contributed by atoms with Gasteiger partial charge >= 0.3 is 0 Å². The highest BCUT2D eigenvalue weighted by Gasteiger charge is 2.26. The molecule has 0 saturated heterocycles. The van der Waals surface area contributed by atoms with Crippen LogP contribution in [-0.2, 0) is 32.6 Å². The van der Waals surface area contributed by atoms with Crippen LogP contribution >= 0.6 is 11.6 Å². The molecular weight excluding hydrogens is 486 g/mol. The third-order valence-electron chi connectivity index (χ3n) is 5.65. The molecule has 0 saturated carbocycles. The predicted molar refractivity (Wildman–Crippen MR) is 140 cm³/mol. The lowest BCUT2D eigenvalue weighted by Crippen LogP contribution is -2.48. The van der Waals surface area contributed by atoms with Crippen LogP contribution in [0.2, 0.25) is 5.02 Å². The molecule has 0 heterocycles. The Hall–Kier alpha value is -2.42. The van der Waals surface area contributed by atoms with Crippen molar-refractivity contribution < 1.29 is 18.0 Å². The number of nitrogens with zero attached hydrogens (tertiary/aromatic N) is 1. The topological polar surface area (TPSA) is 95.6 Å². The summed E-state index contributed by atoms with van der Waals surface area (Å²) >= 11 is 5.99. The van der Waals surface area contributed by atoms with Crippen LogP contribution in [0.25, 0.3) is 0 Å². The van der Waals surface area contributed by atoms with Gasteiger partial charge in [-0.3, -0.25) is 9.59 Å². The summed E-state index contributed by atoms with van der Waals surface area (Å²) in [6.07, 6.45) is 1.48. The Kier molecular flexibility index (Phi) is 11.2. The molecule has 0 bridgehead atoms. The van der Waals surface area contributed by atoms with Crippen molar-refractivity contribution in [2.75, 3.05) is 13.1 Å². The number of halogens is 1. The van der Waals surface area contributed by atoms with E-state index in [0.29, 0.717) is 30.5 Å². The number of nitrogens with one attached hydrogen (secondary N) is 2. The van der Waals surface area contributed by atoms with Crippen LogP contribution in [0.5, 0.6) is 0 Å². The summed E-state index contributed by atoms with van der Waals surface area (Å²) in [5.41, 5.74) is 1.72. The van der Waals surface area contributed by atoms with Gasteiger partial charge in [0.25, 0.3) is 0 Å². The lowest BCUT2D eigenvalue weighted by Gasteiger charge is -2.29. The fourth-order valence-electron chi connectivity index (χ4n) is 3.50. The fourth-order valence-corrected chi connectivity index (χ4v) is 4.67. The van der Waals surface area contributed by atoms with Gasteiger partial charge in [-0.2, -0.15) is 0 Å². The molecule has 7 nitrogen and oxygen atoms in total. The van der Waals surface area contributed by atoms with Crippen LogP contribution in [0, 0.1) is 5.92 Å². The monoisotopic (exact) mass is 521 g/mol. The molecule has 0 aliphatic carbocycles. The normalized spacial score (nSPS) is 12.4. The highest BCUT2D eigenvalue weighted by molar-refractivity contribution is 7.89. The van der Waals surface area contributed by atoms with Crippen molar-refractivity contribution in [3.8, 4) is 0 Å². The molecule has 1 atom stereocenters. The van der Waals surface area contributed by atoms with E-state index in [-0.39, 0.29) is 29.7 Å². The molecule has 9 heteroatoms. The minimum atomic E-state index is -3.52. The second kappa shape index (κ2) is 13.6. The van der Waals surface area contributed by atoms with Gasteiger partial charge in [-0.05, 0) is 61.1 Å². The summed E-state index contributed by atoms with van der Waals surface area (Å²) in [6, 6.07) is 13.1. The molecule has 2 amide bonds. The van der Waals surface area contributed by atoms with Crippen LogP contribution in [0.15, 0.2) is 53.4 Å². The van der Waals surface area contributed by atoms with Crippen molar-refractivity contribution in [3.63, 3.8) is 0 Å². The van der Waals surface area contributed by atoms with E-state index in [9.17, 15) is 18.0 Å². The quantitative estimate of drug-likeness (QED) is 0.414. The van der Waals surface area contributed by atoms with E-state index in [4.69, 9.17) is 11.6 Å². The first-order valence-corrected chi connectivity index (χ1v) is 13.8. The maximum absolute atomic E-state index is 13.2. The first-order chi connectivity index (χ1) is 16.5. The first-order valence-electron chi connectivity index (χ1n) is 11.9. The standard InChI is InChI=1S/C26H36ClN3O4S/c1-5-29-35(33,34)24-13-8-21(9-14-24)10-15-25(31)30(18-22-6-11-23(27)12-7-22)20(4)26(32)28-17-16-19(2)3/h6-9,11-14,19-20,29H,5,10,15-18H2,1-4H3,(H,28,32)/t20-/m1/s1. The van der Waals surface area contributed by atoms with Crippen LogP contribution in [-0.4, -0.2) is 44.3 Å². The molecule has 0 aliphatic heterocycles. The van der Waals surface area contributed by atoms with Crippen molar-refractivity contribution in [2.45, 2.75) is 64.4 Å². The number of carbonyl (C=O) groups excluding carboxylic acids is 2. The van der Waals surface area contributed by atoms with Crippen LogP contribution in [0.1, 0.15) is 51.7 Å². The Balaban J connectivity index is 2.10. The predicted octanol–water partition coefficient (Wildman–Crippen LogP) is 4.15. The third-order valence-corrected chi connectivity index (χ3v) is 7.46. The fraction of sp³-hybridized carbons (Fsp3) is 0.462. The molecule has 2 aromatic rings. The molecule has 0 radical (unpaired) electrons. The number of amides is 2. The van der Waals surface area contributed by atoms with E-state index in [1.165, 1.54) is 12.1 Å². The van der Waals surface area contributed by atoms with Crippen molar-refractivity contribution in [2.24, 2.45) is 5.92 Å². The maximum atomic E-state index is 13.2. The first kappa shape index (κ1) is 28.8. The minimum Gasteiger partial charge on any atom is -0.354 e. The summed E-state index contributed by atoms with van der Waals surface area (Å²) < 4.78 is 26.7. The largest absolute Gasteiger partial charge is 0.354 e. The summed E-state index contributed by atoms with van der Waals surface area (Å²) in [6.45, 7) is 8.80. The number of benzene rings is 2. The Labute approximate surface area is 214 Å². The molecule has 0 spiro atoms. The number of carbonyl (C=O) groups is 2. The molecule has 2 rings (SSSR count). The minimum absolute atomic E-state index is 0.157. The molecule has 0 aromatic heterocycles. The van der Waals surface area contributed by atoms with Crippen molar-refractivity contribution in [3.05, 3.63) is 64.7 Å². The van der Waals surface area contributed by atoms with Gasteiger partial charge in [0.2, 0.25) is 21.8 Å². The number of aryl methyl sites for hydroxylation is 1. The van der Waals surface area contributed by atoms with Crippen molar-refractivity contribution in [1.82, 2.24) is 14.9 Å². The zero-order valence-corrected chi connectivity index (χ0v) is 22.5. The Morgan fingerprint density at radius 3 is 2.14 bits per heavy atom. The van der Waals surface area contributed by atoms with E-state index in [0.717, 1.165) is 17.5 Å². The zero-order valence-electron chi connectivity index (χ0n) is 20.9. The van der Waals surface area contributed by atoms with Gasteiger partial charge in [-0.1, -0.05) is 56.6 Å². The molecule has 0 unspecified atom stereocenters. The number of hydrogen-bond donors (Lipinski definition) is 2. The van der Waals surface area contributed by atoms with Crippen LogP contribution in [0.4, 0.5) is 0 Å². The van der Waals surface area contributed by atoms with Crippen LogP contribution in [0.3, 0.4) is 0 Å². The van der Waals surface area contributed by atoms with E-state index in [1.54, 1.807) is 43.0 Å². The summed E-state index contributed by atoms with van der Waals surface area (Å²) in [5.74, 6) is 0.123. The number of hydrogen-bond acceptors (Lipinski definition) is 4. The molecule has 0 aliphatic rings. The average Bonchev–Trinajstić information content (AvgIpc) is 2.81. The summed E-state index contributed by atoms with van der Waals surface area (Å²) in [7, 11) is -3.52. The molecule has 0 fully saturated rings. The van der Waals surface area contributed by atoms with Gasteiger partial charge in [-0.25, -0.2) is 13.1 Å². The Morgan fingerprint density at radius 2 is 1.57 bits per heavy atom. The van der Waals surface area contributed by atoms with E-state index >= 15 is 0 Å². The maximum Gasteiger partial charge on any atom is 0.242 e. The Morgan fingerprint density at radius 1 is 0.971 bits per heavy atom. The molecule has 2 aromatic carbocycles. The average molecular weight is 522 g/mol. The lowest BCUT2D eigenvalue weighted by molar-refractivity contribution is -0.140. The van der Waals surface area contributed by atoms with Gasteiger partial charge in [0.05, 0.1) is 4.90 Å². The molecule has 2 N–H and O–H groups in total. The number of rotatable bonds is 13. The SMILES string of the molecule is CCNS(=O)(=O)c1ccc(CCC(=O)N(Cc2ccc(Cl)cc2)[C@H](C)C(=O)NCCC(C)C)cc1. The van der Waals surface area contributed by atoms with E-state index < -0.39 is 16.1 Å². The van der Waals surface area contributed by atoms with Crippen molar-refractivity contribution >= 4 is 33.4 Å². The van der Waals surface area contributed by atoms with Gasteiger partial charge in [-0.15, -0.1) is 0 Å². The van der Waals surface area contributed by atoms with Crippen LogP contribution < -0.4 is 10.0 Å².